The van der Waals surface area contributed by atoms with Gasteiger partial charge in [0.25, 0.3) is 0 Å². The molecule has 1 heterocycles. The Bertz CT molecular complexity index is 884. The predicted molar refractivity (Wildman–Crippen MR) is 107 cm³/mol. The van der Waals surface area contributed by atoms with Gasteiger partial charge in [0, 0.05) is 43.7 Å². The van der Waals surface area contributed by atoms with E-state index in [9.17, 15) is 9.90 Å². The number of para-hydroxylation sites is 1. The minimum absolute atomic E-state index is 0.0693. The van der Waals surface area contributed by atoms with Crippen LogP contribution in [0.25, 0.3) is 10.9 Å². The van der Waals surface area contributed by atoms with Crippen molar-refractivity contribution >= 4 is 16.8 Å². The molecule has 0 saturated carbocycles. The van der Waals surface area contributed by atoms with Crippen LogP contribution in [0.15, 0.2) is 54.7 Å². The number of carbonyl (C=O) groups excluding carboxylic acids is 1. The van der Waals surface area contributed by atoms with Gasteiger partial charge in [-0.3, -0.25) is 4.79 Å². The number of rotatable bonds is 9. The Balaban J connectivity index is 1.67. The lowest BCUT2D eigenvalue weighted by molar-refractivity contribution is -0.121. The maximum atomic E-state index is 11.9. The van der Waals surface area contributed by atoms with E-state index >= 15 is 0 Å². The molecule has 0 saturated heterocycles. The van der Waals surface area contributed by atoms with Crippen LogP contribution in [0.2, 0.25) is 0 Å². The van der Waals surface area contributed by atoms with Crippen LogP contribution in [-0.2, 0) is 22.5 Å². The fourth-order valence-corrected chi connectivity index (χ4v) is 3.27. The summed E-state index contributed by atoms with van der Waals surface area (Å²) in [7, 11) is 1.63. The molecule has 2 N–H and O–H groups in total. The van der Waals surface area contributed by atoms with E-state index in [0.717, 1.165) is 24.9 Å². The van der Waals surface area contributed by atoms with Gasteiger partial charge in [0.1, 0.15) is 5.75 Å². The number of ether oxygens (including phenoxy) is 1. The minimum atomic E-state index is 0.0693. The molecule has 0 aliphatic heterocycles. The molecule has 142 valence electrons. The Kier molecular flexibility index (Phi) is 6.49. The Morgan fingerprint density at radius 3 is 2.70 bits per heavy atom. The lowest BCUT2D eigenvalue weighted by atomic mass is 10.1. The van der Waals surface area contributed by atoms with Crippen molar-refractivity contribution in [3.05, 3.63) is 65.9 Å². The number of carbonyl (C=O) groups is 1. The number of methoxy groups -OCH3 is 1. The normalized spacial score (nSPS) is 11.0. The molecule has 1 aromatic heterocycles. The van der Waals surface area contributed by atoms with Crippen LogP contribution in [-0.4, -0.2) is 35.8 Å². The molecule has 1 amide bonds. The number of phenols is 1. The van der Waals surface area contributed by atoms with Gasteiger partial charge in [-0.15, -0.1) is 0 Å². The number of benzene rings is 2. The predicted octanol–water partition coefficient (Wildman–Crippen LogP) is 3.48. The summed E-state index contributed by atoms with van der Waals surface area (Å²) in [5.41, 5.74) is 3.58. The van der Waals surface area contributed by atoms with E-state index in [-0.39, 0.29) is 11.7 Å². The second-order valence-corrected chi connectivity index (χ2v) is 6.66. The smallest absolute Gasteiger partial charge is 0.220 e. The third-order valence-corrected chi connectivity index (χ3v) is 4.64. The largest absolute Gasteiger partial charge is 0.508 e. The number of nitrogens with zero attached hydrogens (tertiary/aromatic N) is 1. The summed E-state index contributed by atoms with van der Waals surface area (Å²) in [5.74, 6) is 0.348. The standard InChI is InChI=1S/C22H26N2O3/c1-27-14-13-23-22(26)8-4-5-18-16-24(21-7-3-2-6-20(18)21)15-17-9-11-19(25)12-10-17/h2-3,6-7,9-12,16,25H,4-5,8,13-15H2,1H3,(H,23,26). The number of aryl methyl sites for hydroxylation is 1. The van der Waals surface area contributed by atoms with Crippen molar-refractivity contribution in [2.24, 2.45) is 0 Å². The fraction of sp³-hybridized carbons (Fsp3) is 0.318. The zero-order valence-corrected chi connectivity index (χ0v) is 15.6. The third kappa shape index (κ3) is 5.11. The highest BCUT2D eigenvalue weighted by molar-refractivity contribution is 5.84. The number of hydrogen-bond acceptors (Lipinski definition) is 3. The summed E-state index contributed by atoms with van der Waals surface area (Å²) in [6.07, 6.45) is 4.37. The number of amides is 1. The first-order chi connectivity index (χ1) is 13.2. The van der Waals surface area contributed by atoms with Gasteiger partial charge in [0.2, 0.25) is 5.91 Å². The summed E-state index contributed by atoms with van der Waals surface area (Å²) in [6.45, 7) is 1.84. The highest BCUT2D eigenvalue weighted by atomic mass is 16.5. The number of phenolic OH excluding ortho intramolecular Hbond substituents is 1. The zero-order chi connectivity index (χ0) is 19.1. The quantitative estimate of drug-likeness (QED) is 0.570. The molecule has 0 bridgehead atoms. The molecule has 0 atom stereocenters. The summed E-state index contributed by atoms with van der Waals surface area (Å²) >= 11 is 0. The molecule has 0 radical (unpaired) electrons. The van der Waals surface area contributed by atoms with Gasteiger partial charge < -0.3 is 19.7 Å². The second-order valence-electron chi connectivity index (χ2n) is 6.66. The maximum absolute atomic E-state index is 11.9. The van der Waals surface area contributed by atoms with Gasteiger partial charge in [-0.1, -0.05) is 30.3 Å². The van der Waals surface area contributed by atoms with Crippen LogP contribution >= 0.6 is 0 Å². The molecule has 0 aliphatic rings. The Hall–Kier alpha value is -2.79. The van der Waals surface area contributed by atoms with Crippen LogP contribution in [0.4, 0.5) is 0 Å². The van der Waals surface area contributed by atoms with E-state index in [0.29, 0.717) is 19.6 Å². The molecule has 0 spiro atoms. The summed E-state index contributed by atoms with van der Waals surface area (Å²) in [4.78, 5) is 11.9. The molecule has 5 heteroatoms. The monoisotopic (exact) mass is 366 g/mol. The zero-order valence-electron chi connectivity index (χ0n) is 15.6. The molecule has 3 rings (SSSR count). The number of hydrogen-bond donors (Lipinski definition) is 2. The summed E-state index contributed by atoms with van der Waals surface area (Å²) in [5, 5.41) is 13.6. The van der Waals surface area contributed by atoms with Crippen molar-refractivity contribution in [3.8, 4) is 5.75 Å². The van der Waals surface area contributed by atoms with Gasteiger partial charge in [-0.25, -0.2) is 0 Å². The molecule has 0 unspecified atom stereocenters. The number of aromatic hydroxyl groups is 1. The van der Waals surface area contributed by atoms with Gasteiger partial charge in [-0.05, 0) is 42.2 Å². The molecule has 3 aromatic rings. The molecule has 0 fully saturated rings. The van der Waals surface area contributed by atoms with Crippen LogP contribution in [0, 0.1) is 0 Å². The molecule has 0 aliphatic carbocycles. The molecular formula is C22H26N2O3. The van der Waals surface area contributed by atoms with E-state index in [1.165, 1.54) is 16.5 Å². The van der Waals surface area contributed by atoms with Gasteiger partial charge in [-0.2, -0.15) is 0 Å². The molecule has 5 nitrogen and oxygen atoms in total. The van der Waals surface area contributed by atoms with Gasteiger partial charge in [0.05, 0.1) is 6.61 Å². The van der Waals surface area contributed by atoms with Crippen molar-refractivity contribution in [1.82, 2.24) is 9.88 Å². The summed E-state index contributed by atoms with van der Waals surface area (Å²) in [6, 6.07) is 15.7. The third-order valence-electron chi connectivity index (χ3n) is 4.64. The lowest BCUT2D eigenvalue weighted by Gasteiger charge is -2.05. The highest BCUT2D eigenvalue weighted by Gasteiger charge is 2.09. The van der Waals surface area contributed by atoms with Crippen molar-refractivity contribution in [2.75, 3.05) is 20.3 Å². The average Bonchev–Trinajstić information content (AvgIpc) is 3.02. The van der Waals surface area contributed by atoms with Crippen LogP contribution < -0.4 is 5.32 Å². The first kappa shape index (κ1) is 19.0. The molecule has 27 heavy (non-hydrogen) atoms. The van der Waals surface area contributed by atoms with E-state index in [4.69, 9.17) is 4.74 Å². The van der Waals surface area contributed by atoms with E-state index < -0.39 is 0 Å². The number of aromatic nitrogens is 1. The topological polar surface area (TPSA) is 63.5 Å². The Morgan fingerprint density at radius 1 is 1.15 bits per heavy atom. The second kappa shape index (κ2) is 9.24. The maximum Gasteiger partial charge on any atom is 0.220 e. The molecule has 2 aromatic carbocycles. The Morgan fingerprint density at radius 2 is 1.93 bits per heavy atom. The van der Waals surface area contributed by atoms with Crippen LogP contribution in [0.3, 0.4) is 0 Å². The first-order valence-corrected chi connectivity index (χ1v) is 9.27. The van der Waals surface area contributed by atoms with Crippen molar-refractivity contribution in [2.45, 2.75) is 25.8 Å². The van der Waals surface area contributed by atoms with E-state index in [1.807, 2.05) is 24.3 Å². The van der Waals surface area contributed by atoms with Gasteiger partial charge >= 0.3 is 0 Å². The fourth-order valence-electron chi connectivity index (χ4n) is 3.27. The Labute approximate surface area is 159 Å². The first-order valence-electron chi connectivity index (χ1n) is 9.27. The van der Waals surface area contributed by atoms with E-state index in [2.05, 4.69) is 28.2 Å². The lowest BCUT2D eigenvalue weighted by Crippen LogP contribution is -2.26. The van der Waals surface area contributed by atoms with Crippen molar-refractivity contribution in [3.63, 3.8) is 0 Å². The highest BCUT2D eigenvalue weighted by Crippen LogP contribution is 2.24. The minimum Gasteiger partial charge on any atom is -0.508 e. The summed E-state index contributed by atoms with van der Waals surface area (Å²) < 4.78 is 7.17. The van der Waals surface area contributed by atoms with Crippen molar-refractivity contribution < 1.29 is 14.6 Å². The van der Waals surface area contributed by atoms with Crippen LogP contribution in [0.5, 0.6) is 5.75 Å². The average molecular weight is 366 g/mol. The van der Waals surface area contributed by atoms with Crippen molar-refractivity contribution in [1.29, 1.82) is 0 Å². The van der Waals surface area contributed by atoms with Crippen LogP contribution in [0.1, 0.15) is 24.0 Å². The van der Waals surface area contributed by atoms with Gasteiger partial charge in [0.15, 0.2) is 0 Å². The number of nitrogens with one attached hydrogen (secondary N) is 1. The van der Waals surface area contributed by atoms with E-state index in [1.54, 1.807) is 19.2 Å². The SMILES string of the molecule is COCCNC(=O)CCCc1cn(Cc2ccc(O)cc2)c2ccccc12. The molecular weight excluding hydrogens is 340 g/mol. The number of fused-ring (bicyclic) bond motifs is 1.